The normalized spacial score (nSPS) is 11.8. The smallest absolute Gasteiger partial charge is 0.113 e. The van der Waals surface area contributed by atoms with Crippen molar-refractivity contribution in [3.63, 3.8) is 0 Å². The van der Waals surface area contributed by atoms with Crippen molar-refractivity contribution in [1.82, 2.24) is 20.0 Å². The fourth-order valence-corrected chi connectivity index (χ4v) is 2.64. The molecule has 0 saturated heterocycles. The van der Waals surface area contributed by atoms with Gasteiger partial charge in [-0.2, -0.15) is 0 Å². The highest BCUT2D eigenvalue weighted by molar-refractivity contribution is 5.87. The second kappa shape index (κ2) is 6.08. The maximum atomic E-state index is 4.41. The van der Waals surface area contributed by atoms with E-state index >= 15 is 0 Å². The number of aromatic nitrogens is 4. The summed E-state index contributed by atoms with van der Waals surface area (Å²) in [6.07, 6.45) is 3.82. The molecule has 116 valence electrons. The van der Waals surface area contributed by atoms with E-state index in [1.165, 1.54) is 5.56 Å². The summed E-state index contributed by atoms with van der Waals surface area (Å²) in [6, 6.07) is 22.2. The lowest BCUT2D eigenvalue weighted by molar-refractivity contribution is 0.843. The molecule has 4 aromatic rings. The average molecular weight is 312 g/mol. The molecule has 0 unspecified atom stereocenters. The maximum absolute atomic E-state index is 4.41. The Morgan fingerprint density at radius 1 is 0.917 bits per heavy atom. The van der Waals surface area contributed by atoms with Gasteiger partial charge >= 0.3 is 0 Å². The van der Waals surface area contributed by atoms with Gasteiger partial charge in [0, 0.05) is 11.8 Å². The molecular weight excluding hydrogens is 296 g/mol. The Bertz CT molecular complexity index is 999. The van der Waals surface area contributed by atoms with E-state index in [1.807, 2.05) is 53.2 Å². The van der Waals surface area contributed by atoms with Gasteiger partial charge in [-0.1, -0.05) is 53.2 Å². The van der Waals surface area contributed by atoms with Crippen LogP contribution in [0.25, 0.3) is 22.8 Å². The van der Waals surface area contributed by atoms with E-state index in [1.54, 1.807) is 6.20 Å². The molecule has 0 atom stereocenters. The first-order valence-electron chi connectivity index (χ1n) is 7.82. The highest BCUT2D eigenvalue weighted by atomic mass is 15.4. The molecule has 2 aromatic carbocycles. The predicted octanol–water partition coefficient (Wildman–Crippen LogP) is 4.18. The maximum Gasteiger partial charge on any atom is 0.113 e. The molecule has 0 fully saturated rings. The van der Waals surface area contributed by atoms with Crippen LogP contribution in [0.1, 0.15) is 16.8 Å². The minimum atomic E-state index is 0.872. The predicted molar refractivity (Wildman–Crippen MR) is 96.2 cm³/mol. The summed E-state index contributed by atoms with van der Waals surface area (Å²) < 4.78 is 1.87. The standard InChI is InChI=1S/C20H16N4/c1-15-9-11-16(12-10-15)20(14-17-6-4-5-13-21-17)24-19-8-3-2-7-18(19)22-23-24/h2-14H,1H3. The number of hydrogen-bond donors (Lipinski definition) is 0. The molecule has 4 rings (SSSR count). The molecule has 4 nitrogen and oxygen atoms in total. The minimum Gasteiger partial charge on any atom is -0.257 e. The topological polar surface area (TPSA) is 43.6 Å². The molecule has 4 heteroatoms. The monoisotopic (exact) mass is 312 g/mol. The van der Waals surface area contributed by atoms with Crippen molar-refractivity contribution in [2.45, 2.75) is 6.92 Å². The molecule has 0 saturated carbocycles. The number of para-hydroxylation sites is 1. The molecule has 0 amide bonds. The Morgan fingerprint density at radius 3 is 2.50 bits per heavy atom. The van der Waals surface area contributed by atoms with Crippen molar-refractivity contribution in [2.75, 3.05) is 0 Å². The zero-order valence-electron chi connectivity index (χ0n) is 13.3. The summed E-state index contributed by atoms with van der Waals surface area (Å²) >= 11 is 0. The van der Waals surface area contributed by atoms with Gasteiger partial charge in [0.1, 0.15) is 5.52 Å². The van der Waals surface area contributed by atoms with Crippen LogP contribution in [-0.2, 0) is 0 Å². The van der Waals surface area contributed by atoms with Crippen molar-refractivity contribution >= 4 is 22.8 Å². The Hall–Kier alpha value is -3.27. The van der Waals surface area contributed by atoms with Crippen LogP contribution in [0.4, 0.5) is 0 Å². The third-order valence-electron chi connectivity index (χ3n) is 3.90. The second-order valence-corrected chi connectivity index (χ2v) is 5.64. The quantitative estimate of drug-likeness (QED) is 0.570. The van der Waals surface area contributed by atoms with Crippen molar-refractivity contribution in [3.8, 4) is 0 Å². The number of rotatable bonds is 3. The zero-order chi connectivity index (χ0) is 16.4. The van der Waals surface area contributed by atoms with Crippen LogP contribution < -0.4 is 0 Å². The second-order valence-electron chi connectivity index (χ2n) is 5.64. The van der Waals surface area contributed by atoms with Crippen LogP contribution in [0.5, 0.6) is 0 Å². The van der Waals surface area contributed by atoms with E-state index in [0.717, 1.165) is 28.0 Å². The Labute approximate surface area is 140 Å². The number of fused-ring (bicyclic) bond motifs is 1. The van der Waals surface area contributed by atoms with E-state index in [0.29, 0.717) is 0 Å². The lowest BCUT2D eigenvalue weighted by Gasteiger charge is -2.09. The van der Waals surface area contributed by atoms with Gasteiger partial charge in [-0.25, -0.2) is 4.68 Å². The fourth-order valence-electron chi connectivity index (χ4n) is 2.64. The van der Waals surface area contributed by atoms with Gasteiger partial charge in [-0.15, -0.1) is 5.10 Å². The third kappa shape index (κ3) is 2.70. The number of pyridine rings is 1. The Morgan fingerprint density at radius 2 is 1.71 bits per heavy atom. The molecule has 0 spiro atoms. The first kappa shape index (κ1) is 14.3. The van der Waals surface area contributed by atoms with E-state index in [2.05, 4.69) is 46.5 Å². The van der Waals surface area contributed by atoms with Crippen molar-refractivity contribution < 1.29 is 0 Å². The highest BCUT2D eigenvalue weighted by Crippen LogP contribution is 2.23. The highest BCUT2D eigenvalue weighted by Gasteiger charge is 2.11. The molecule has 2 aromatic heterocycles. The van der Waals surface area contributed by atoms with Crippen LogP contribution in [-0.4, -0.2) is 20.0 Å². The van der Waals surface area contributed by atoms with Crippen LogP contribution in [0.3, 0.4) is 0 Å². The molecule has 0 aliphatic heterocycles. The molecule has 0 radical (unpaired) electrons. The lowest BCUT2D eigenvalue weighted by atomic mass is 10.1. The molecule has 0 N–H and O–H groups in total. The number of aryl methyl sites for hydroxylation is 1. The summed E-state index contributed by atoms with van der Waals surface area (Å²) in [4.78, 5) is 4.41. The molecule has 0 aliphatic carbocycles. The summed E-state index contributed by atoms with van der Waals surface area (Å²) in [6.45, 7) is 2.08. The first-order valence-corrected chi connectivity index (χ1v) is 7.82. The van der Waals surface area contributed by atoms with Gasteiger partial charge in [0.2, 0.25) is 0 Å². The van der Waals surface area contributed by atoms with Crippen molar-refractivity contribution in [2.24, 2.45) is 0 Å². The average Bonchev–Trinajstić information content (AvgIpc) is 3.05. The summed E-state index contributed by atoms with van der Waals surface area (Å²) in [5.74, 6) is 0. The van der Waals surface area contributed by atoms with Gasteiger partial charge < -0.3 is 0 Å². The number of hydrogen-bond acceptors (Lipinski definition) is 3. The first-order chi connectivity index (χ1) is 11.8. The number of benzene rings is 2. The van der Waals surface area contributed by atoms with E-state index < -0.39 is 0 Å². The molecule has 0 aliphatic rings. The summed E-state index contributed by atoms with van der Waals surface area (Å²) in [5.41, 5.74) is 5.97. The van der Waals surface area contributed by atoms with Crippen molar-refractivity contribution in [1.29, 1.82) is 0 Å². The van der Waals surface area contributed by atoms with Gasteiger partial charge in [0.05, 0.1) is 16.9 Å². The fraction of sp³-hybridized carbons (Fsp3) is 0.0500. The molecule has 24 heavy (non-hydrogen) atoms. The van der Waals surface area contributed by atoms with E-state index in [-0.39, 0.29) is 0 Å². The Kier molecular flexibility index (Phi) is 3.63. The SMILES string of the molecule is Cc1ccc(C(=Cc2ccccn2)n2nnc3ccccc32)cc1. The van der Waals surface area contributed by atoms with Crippen molar-refractivity contribution in [3.05, 3.63) is 89.7 Å². The molecule has 0 bridgehead atoms. The lowest BCUT2D eigenvalue weighted by Crippen LogP contribution is -2.02. The largest absolute Gasteiger partial charge is 0.257 e. The van der Waals surface area contributed by atoms with Gasteiger partial charge in [-0.3, -0.25) is 4.98 Å². The molecular formula is C20H16N4. The number of nitrogens with zero attached hydrogens (tertiary/aromatic N) is 4. The van der Waals surface area contributed by atoms with Crippen LogP contribution >= 0.6 is 0 Å². The van der Waals surface area contributed by atoms with E-state index in [9.17, 15) is 0 Å². The summed E-state index contributed by atoms with van der Waals surface area (Å²) in [5, 5.41) is 8.64. The minimum absolute atomic E-state index is 0.872. The van der Waals surface area contributed by atoms with Gasteiger partial charge in [-0.05, 0) is 37.3 Å². The van der Waals surface area contributed by atoms with Gasteiger partial charge in [0.25, 0.3) is 0 Å². The van der Waals surface area contributed by atoms with Crippen LogP contribution in [0.15, 0.2) is 72.9 Å². The third-order valence-corrected chi connectivity index (χ3v) is 3.90. The van der Waals surface area contributed by atoms with Crippen LogP contribution in [0, 0.1) is 6.92 Å². The Balaban J connectivity index is 1.93. The van der Waals surface area contributed by atoms with Gasteiger partial charge in [0.15, 0.2) is 0 Å². The summed E-state index contributed by atoms with van der Waals surface area (Å²) in [7, 11) is 0. The van der Waals surface area contributed by atoms with E-state index in [4.69, 9.17) is 0 Å². The van der Waals surface area contributed by atoms with Crippen LogP contribution in [0.2, 0.25) is 0 Å². The molecule has 2 heterocycles. The zero-order valence-corrected chi connectivity index (χ0v) is 13.3.